The zero-order valence-corrected chi connectivity index (χ0v) is 10.5. The van der Waals surface area contributed by atoms with Gasteiger partial charge in [0.15, 0.2) is 5.84 Å². The van der Waals surface area contributed by atoms with Crippen LogP contribution in [0.4, 0.5) is 0 Å². The van der Waals surface area contributed by atoms with Gasteiger partial charge in [-0.3, -0.25) is 0 Å². The summed E-state index contributed by atoms with van der Waals surface area (Å²) in [5.74, 6) is 0.218. The maximum absolute atomic E-state index is 8.57. The molecule has 5 nitrogen and oxygen atoms in total. The van der Waals surface area contributed by atoms with Crippen molar-refractivity contribution >= 4 is 5.84 Å². The third-order valence-electron chi connectivity index (χ3n) is 3.56. The molecule has 1 rings (SSSR count). The van der Waals surface area contributed by atoms with E-state index in [4.69, 9.17) is 15.7 Å². The molecule has 0 amide bonds. The van der Waals surface area contributed by atoms with Gasteiger partial charge in [-0.05, 0) is 20.3 Å². The molecule has 4 N–H and O–H groups in total. The van der Waals surface area contributed by atoms with Crippen LogP contribution in [0.3, 0.4) is 0 Å². The van der Waals surface area contributed by atoms with Crippen molar-refractivity contribution in [2.45, 2.75) is 52.3 Å². The van der Waals surface area contributed by atoms with Crippen molar-refractivity contribution in [1.29, 1.82) is 0 Å². The number of nitrogens with zero attached hydrogens (tertiary/aromatic N) is 1. The number of amidine groups is 1. The Hall–Kier alpha value is -0.810. The van der Waals surface area contributed by atoms with Gasteiger partial charge in [-0.1, -0.05) is 19.0 Å². The van der Waals surface area contributed by atoms with E-state index in [1.54, 1.807) is 0 Å². The van der Waals surface area contributed by atoms with Crippen LogP contribution < -0.4 is 11.1 Å². The van der Waals surface area contributed by atoms with Crippen molar-refractivity contribution in [2.24, 2.45) is 16.3 Å². The van der Waals surface area contributed by atoms with Crippen molar-refractivity contribution < 1.29 is 9.94 Å². The minimum atomic E-state index is -0.114. The molecule has 1 aliphatic carbocycles. The first-order valence-electron chi connectivity index (χ1n) is 5.78. The molecule has 3 atom stereocenters. The summed E-state index contributed by atoms with van der Waals surface area (Å²) in [5.41, 5.74) is 5.63. The molecule has 94 valence electrons. The number of nitrogens with two attached hydrogens (primary N) is 1. The Morgan fingerprint density at radius 1 is 1.69 bits per heavy atom. The Balaban J connectivity index is 2.47. The van der Waals surface area contributed by atoms with Crippen LogP contribution in [0.5, 0.6) is 0 Å². The van der Waals surface area contributed by atoms with Crippen LogP contribution >= 0.6 is 0 Å². The molecule has 16 heavy (non-hydrogen) atoms. The van der Waals surface area contributed by atoms with Crippen LogP contribution in [0.25, 0.3) is 0 Å². The summed E-state index contributed by atoms with van der Waals surface area (Å²) in [7, 11) is 0. The second-order valence-electron chi connectivity index (χ2n) is 4.97. The smallest absolute Gasteiger partial charge is 0.156 e. The molecule has 3 unspecified atom stereocenters. The van der Waals surface area contributed by atoms with E-state index in [-0.39, 0.29) is 17.3 Å². The summed E-state index contributed by atoms with van der Waals surface area (Å²) in [6, 6.07) is 0.233. The fraction of sp³-hybridized carbons (Fsp3) is 0.909. The molecule has 1 saturated carbocycles. The van der Waals surface area contributed by atoms with E-state index in [0.29, 0.717) is 12.1 Å². The van der Waals surface area contributed by atoms with Gasteiger partial charge in [0, 0.05) is 18.1 Å². The summed E-state index contributed by atoms with van der Waals surface area (Å²) in [6.45, 7) is 8.99. The highest BCUT2D eigenvalue weighted by molar-refractivity contribution is 5.84. The summed E-state index contributed by atoms with van der Waals surface area (Å²) < 4.78 is 5.64. The maximum atomic E-state index is 8.57. The average molecular weight is 229 g/mol. The van der Waals surface area contributed by atoms with Crippen molar-refractivity contribution in [3.8, 4) is 0 Å². The van der Waals surface area contributed by atoms with Gasteiger partial charge in [-0.25, -0.2) is 0 Å². The number of hydrogen-bond acceptors (Lipinski definition) is 4. The third-order valence-corrected chi connectivity index (χ3v) is 3.56. The van der Waals surface area contributed by atoms with Gasteiger partial charge >= 0.3 is 0 Å². The molecule has 0 aromatic heterocycles. The molecular formula is C11H23N3O2. The molecule has 0 aromatic rings. The largest absolute Gasteiger partial charge is 0.409 e. The van der Waals surface area contributed by atoms with E-state index < -0.39 is 0 Å². The van der Waals surface area contributed by atoms with Gasteiger partial charge in [0.25, 0.3) is 0 Å². The third kappa shape index (κ3) is 2.47. The molecule has 0 aromatic carbocycles. The van der Waals surface area contributed by atoms with Crippen LogP contribution in [0.1, 0.15) is 34.1 Å². The highest BCUT2D eigenvalue weighted by Crippen LogP contribution is 2.42. The highest BCUT2D eigenvalue weighted by atomic mass is 16.5. The van der Waals surface area contributed by atoms with Gasteiger partial charge in [-0.2, -0.15) is 0 Å². The van der Waals surface area contributed by atoms with E-state index in [0.717, 1.165) is 13.0 Å². The van der Waals surface area contributed by atoms with Crippen LogP contribution in [0.15, 0.2) is 5.16 Å². The van der Waals surface area contributed by atoms with E-state index in [9.17, 15) is 0 Å². The average Bonchev–Trinajstić information content (AvgIpc) is 2.26. The zero-order valence-electron chi connectivity index (χ0n) is 10.5. The standard InChI is InChI=1S/C11H23N3O2/c1-5-16-9-6-8(11(9,3)4)13-7(2)10(12)14-15/h7-9,13,15H,5-6H2,1-4H3,(H2,12,14). The van der Waals surface area contributed by atoms with Crippen molar-refractivity contribution in [3.05, 3.63) is 0 Å². The van der Waals surface area contributed by atoms with Gasteiger partial charge in [0.1, 0.15) is 0 Å². The van der Waals surface area contributed by atoms with Gasteiger partial charge < -0.3 is 21.0 Å². The lowest BCUT2D eigenvalue weighted by Crippen LogP contribution is -2.63. The predicted molar refractivity (Wildman–Crippen MR) is 63.6 cm³/mol. The summed E-state index contributed by atoms with van der Waals surface area (Å²) in [6.07, 6.45) is 1.28. The molecule has 0 saturated heterocycles. The minimum absolute atomic E-state index is 0.0972. The van der Waals surface area contributed by atoms with E-state index in [1.165, 1.54) is 0 Å². The Labute approximate surface area is 97.0 Å². The van der Waals surface area contributed by atoms with Crippen LogP contribution in [0, 0.1) is 5.41 Å². The van der Waals surface area contributed by atoms with E-state index in [2.05, 4.69) is 24.3 Å². The molecule has 1 fully saturated rings. The number of nitrogens with one attached hydrogen (secondary N) is 1. The Kier molecular flexibility index (Phi) is 4.15. The van der Waals surface area contributed by atoms with Gasteiger partial charge in [0.2, 0.25) is 0 Å². The molecule has 5 heteroatoms. The Morgan fingerprint density at radius 3 is 2.75 bits per heavy atom. The lowest BCUT2D eigenvalue weighted by atomic mass is 9.64. The number of oxime groups is 1. The van der Waals surface area contributed by atoms with Crippen molar-refractivity contribution in [1.82, 2.24) is 5.32 Å². The minimum Gasteiger partial charge on any atom is -0.409 e. The highest BCUT2D eigenvalue weighted by Gasteiger charge is 2.49. The summed E-state index contributed by atoms with van der Waals surface area (Å²) in [5, 5.41) is 14.9. The van der Waals surface area contributed by atoms with Crippen LogP contribution in [-0.2, 0) is 4.74 Å². The first-order valence-corrected chi connectivity index (χ1v) is 5.78. The van der Waals surface area contributed by atoms with Crippen LogP contribution in [-0.4, -0.2) is 35.8 Å². The first-order chi connectivity index (χ1) is 7.43. The van der Waals surface area contributed by atoms with E-state index >= 15 is 0 Å². The fourth-order valence-electron chi connectivity index (χ4n) is 2.13. The normalized spacial score (nSPS) is 30.9. The topological polar surface area (TPSA) is 79.9 Å². The second kappa shape index (κ2) is 5.01. The number of rotatable bonds is 5. The lowest BCUT2D eigenvalue weighted by Gasteiger charge is -2.52. The number of hydrogen-bond donors (Lipinski definition) is 3. The number of ether oxygens (including phenoxy) is 1. The molecule has 0 aliphatic heterocycles. The Morgan fingerprint density at radius 2 is 2.31 bits per heavy atom. The van der Waals surface area contributed by atoms with Gasteiger partial charge in [-0.15, -0.1) is 0 Å². The molecular weight excluding hydrogens is 206 g/mol. The lowest BCUT2D eigenvalue weighted by molar-refractivity contribution is -0.114. The summed E-state index contributed by atoms with van der Waals surface area (Å²) >= 11 is 0. The molecule has 0 radical (unpaired) electrons. The zero-order chi connectivity index (χ0) is 12.3. The quantitative estimate of drug-likeness (QED) is 0.283. The van der Waals surface area contributed by atoms with Crippen LogP contribution in [0.2, 0.25) is 0 Å². The van der Waals surface area contributed by atoms with E-state index in [1.807, 2.05) is 13.8 Å². The molecule has 0 spiro atoms. The second-order valence-corrected chi connectivity index (χ2v) is 4.97. The molecule has 1 aliphatic rings. The SMILES string of the molecule is CCOC1CC(NC(C)C(N)=NO)C1(C)C. The summed E-state index contributed by atoms with van der Waals surface area (Å²) in [4.78, 5) is 0. The maximum Gasteiger partial charge on any atom is 0.156 e. The predicted octanol–water partition coefficient (Wildman–Crippen LogP) is 0.915. The molecule has 0 bridgehead atoms. The first kappa shape index (κ1) is 13.3. The monoisotopic (exact) mass is 229 g/mol. The van der Waals surface area contributed by atoms with Gasteiger partial charge in [0.05, 0.1) is 12.1 Å². The van der Waals surface area contributed by atoms with Crippen molar-refractivity contribution in [2.75, 3.05) is 6.61 Å². The van der Waals surface area contributed by atoms with Crippen molar-refractivity contribution in [3.63, 3.8) is 0 Å². The molecule has 0 heterocycles. The Bertz CT molecular complexity index is 266. The fourth-order valence-corrected chi connectivity index (χ4v) is 2.13.